The Morgan fingerprint density at radius 2 is 1.93 bits per heavy atom. The molecule has 0 bridgehead atoms. The predicted octanol–water partition coefficient (Wildman–Crippen LogP) is 2.39. The van der Waals surface area contributed by atoms with Crippen LogP contribution in [0.5, 0.6) is 0 Å². The maximum Gasteiger partial charge on any atom is 0.225 e. The van der Waals surface area contributed by atoms with Crippen LogP contribution >= 0.6 is 0 Å². The number of amides is 1. The Morgan fingerprint density at radius 3 is 2.40 bits per heavy atom. The highest BCUT2D eigenvalue weighted by Crippen LogP contribution is 2.65. The van der Waals surface area contributed by atoms with E-state index in [2.05, 4.69) is 25.7 Å². The third-order valence-corrected chi connectivity index (χ3v) is 5.05. The van der Waals surface area contributed by atoms with Crippen molar-refractivity contribution >= 4 is 5.91 Å². The summed E-state index contributed by atoms with van der Waals surface area (Å²) >= 11 is 0. The summed E-state index contributed by atoms with van der Waals surface area (Å²) < 4.78 is 0. The lowest BCUT2D eigenvalue weighted by Gasteiger charge is -2.36. The average Bonchev–Trinajstić information content (AvgIpc) is 2.71. The lowest BCUT2D eigenvalue weighted by Crippen LogP contribution is -2.44. The van der Waals surface area contributed by atoms with Gasteiger partial charge in [0, 0.05) is 19.0 Å². The molecule has 2 heteroatoms. The van der Waals surface area contributed by atoms with Crippen molar-refractivity contribution in [1.82, 2.24) is 4.90 Å². The van der Waals surface area contributed by atoms with Crippen molar-refractivity contribution in [1.29, 1.82) is 0 Å². The van der Waals surface area contributed by atoms with Crippen LogP contribution in [-0.2, 0) is 4.79 Å². The van der Waals surface area contributed by atoms with Crippen LogP contribution in [0.15, 0.2) is 0 Å². The van der Waals surface area contributed by atoms with E-state index in [1.165, 1.54) is 0 Å². The van der Waals surface area contributed by atoms with Crippen molar-refractivity contribution in [2.45, 2.75) is 34.6 Å². The number of rotatable bonds is 1. The molecule has 2 fully saturated rings. The number of fused-ring (bicyclic) bond motifs is 1. The van der Waals surface area contributed by atoms with Crippen molar-refractivity contribution in [3.63, 3.8) is 0 Å². The maximum atomic E-state index is 11.9. The molecule has 0 aromatic heterocycles. The van der Waals surface area contributed by atoms with Gasteiger partial charge in [-0.05, 0) is 23.2 Å². The summed E-state index contributed by atoms with van der Waals surface area (Å²) in [6.07, 6.45) is 0. The highest BCUT2D eigenvalue weighted by Gasteiger charge is 2.63. The fraction of sp³-hybridized carbons (Fsp3) is 0.923. The second-order valence-electron chi connectivity index (χ2n) is 6.06. The molecule has 1 amide bonds. The van der Waals surface area contributed by atoms with Gasteiger partial charge >= 0.3 is 0 Å². The van der Waals surface area contributed by atoms with Gasteiger partial charge in [-0.3, -0.25) is 4.79 Å². The SMILES string of the molecule is CC(C)C(=O)N1CC2[C@H](C)C2(C)[C@H](C)C1. The minimum absolute atomic E-state index is 0.149. The van der Waals surface area contributed by atoms with E-state index >= 15 is 0 Å². The number of likely N-dealkylation sites (tertiary alicyclic amines) is 1. The van der Waals surface area contributed by atoms with Gasteiger partial charge in [-0.2, -0.15) is 0 Å². The Morgan fingerprint density at radius 1 is 1.33 bits per heavy atom. The zero-order chi connectivity index (χ0) is 11.4. The first-order valence-corrected chi connectivity index (χ1v) is 6.17. The van der Waals surface area contributed by atoms with Crippen LogP contribution in [0.4, 0.5) is 0 Å². The molecular formula is C13H23NO. The first-order valence-electron chi connectivity index (χ1n) is 6.17. The molecule has 1 saturated carbocycles. The van der Waals surface area contributed by atoms with Crippen molar-refractivity contribution in [2.75, 3.05) is 13.1 Å². The number of piperidine rings is 1. The largest absolute Gasteiger partial charge is 0.342 e. The van der Waals surface area contributed by atoms with Gasteiger partial charge < -0.3 is 4.90 Å². The summed E-state index contributed by atoms with van der Waals surface area (Å²) in [6, 6.07) is 0. The standard InChI is InChI=1S/C13H23NO/c1-8(2)12(15)14-6-9(3)13(5)10(4)11(13)7-14/h8-11H,6-7H2,1-5H3/t9-,10+,11?,13?/m1/s1. The van der Waals surface area contributed by atoms with E-state index in [4.69, 9.17) is 0 Å². The van der Waals surface area contributed by atoms with Crippen molar-refractivity contribution in [2.24, 2.45) is 29.1 Å². The molecule has 2 nitrogen and oxygen atoms in total. The number of nitrogens with zero attached hydrogens (tertiary/aromatic N) is 1. The van der Waals surface area contributed by atoms with E-state index in [1.807, 2.05) is 13.8 Å². The zero-order valence-corrected chi connectivity index (χ0v) is 10.6. The molecule has 1 aliphatic carbocycles. The van der Waals surface area contributed by atoms with Gasteiger partial charge in [0.2, 0.25) is 5.91 Å². The Kier molecular flexibility index (Phi) is 2.36. The monoisotopic (exact) mass is 209 g/mol. The van der Waals surface area contributed by atoms with Crippen LogP contribution in [-0.4, -0.2) is 23.9 Å². The second kappa shape index (κ2) is 3.23. The molecule has 2 unspecified atom stereocenters. The zero-order valence-electron chi connectivity index (χ0n) is 10.6. The number of carbonyl (C=O) groups excluding carboxylic acids is 1. The molecule has 2 aliphatic rings. The van der Waals surface area contributed by atoms with Crippen LogP contribution in [0.2, 0.25) is 0 Å². The fourth-order valence-corrected chi connectivity index (χ4v) is 3.42. The third kappa shape index (κ3) is 1.41. The smallest absolute Gasteiger partial charge is 0.225 e. The molecule has 1 aliphatic heterocycles. The summed E-state index contributed by atoms with van der Waals surface area (Å²) in [5.41, 5.74) is 0.522. The van der Waals surface area contributed by atoms with Crippen molar-refractivity contribution in [3.05, 3.63) is 0 Å². The predicted molar refractivity (Wildman–Crippen MR) is 61.3 cm³/mol. The fourth-order valence-electron chi connectivity index (χ4n) is 3.42. The van der Waals surface area contributed by atoms with E-state index in [9.17, 15) is 4.79 Å². The summed E-state index contributed by atoms with van der Waals surface area (Å²) in [6.45, 7) is 13.0. The third-order valence-electron chi connectivity index (χ3n) is 5.05. The Hall–Kier alpha value is -0.530. The van der Waals surface area contributed by atoms with Gasteiger partial charge in [0.25, 0.3) is 0 Å². The van der Waals surface area contributed by atoms with Crippen LogP contribution in [0.25, 0.3) is 0 Å². The summed E-state index contributed by atoms with van der Waals surface area (Å²) in [5.74, 6) is 2.70. The molecule has 0 spiro atoms. The van der Waals surface area contributed by atoms with E-state index in [0.717, 1.165) is 24.9 Å². The molecule has 0 radical (unpaired) electrons. The van der Waals surface area contributed by atoms with Gasteiger partial charge in [0.15, 0.2) is 0 Å². The van der Waals surface area contributed by atoms with Gasteiger partial charge in [-0.15, -0.1) is 0 Å². The molecule has 2 rings (SSSR count). The Labute approximate surface area is 93.0 Å². The lowest BCUT2D eigenvalue weighted by atomic mass is 9.85. The molecular weight excluding hydrogens is 186 g/mol. The topological polar surface area (TPSA) is 20.3 Å². The van der Waals surface area contributed by atoms with E-state index in [0.29, 0.717) is 17.2 Å². The van der Waals surface area contributed by atoms with E-state index in [1.54, 1.807) is 0 Å². The summed E-state index contributed by atoms with van der Waals surface area (Å²) in [4.78, 5) is 14.0. The summed E-state index contributed by atoms with van der Waals surface area (Å²) in [5, 5.41) is 0. The molecule has 0 aromatic carbocycles. The molecule has 86 valence electrons. The highest BCUT2D eigenvalue weighted by atomic mass is 16.2. The molecule has 1 heterocycles. The van der Waals surface area contributed by atoms with E-state index < -0.39 is 0 Å². The first kappa shape index (κ1) is 11.0. The Bertz CT molecular complexity index is 276. The molecule has 0 N–H and O–H groups in total. The van der Waals surface area contributed by atoms with Crippen LogP contribution in [0.1, 0.15) is 34.6 Å². The van der Waals surface area contributed by atoms with Gasteiger partial charge in [0.05, 0.1) is 0 Å². The molecule has 1 saturated heterocycles. The normalized spacial score (nSPS) is 44.1. The molecule has 15 heavy (non-hydrogen) atoms. The minimum atomic E-state index is 0.149. The van der Waals surface area contributed by atoms with Gasteiger partial charge in [-0.1, -0.05) is 34.6 Å². The molecule has 0 aromatic rings. The number of hydrogen-bond acceptors (Lipinski definition) is 1. The summed E-state index contributed by atoms with van der Waals surface area (Å²) in [7, 11) is 0. The molecule has 4 atom stereocenters. The number of hydrogen-bond donors (Lipinski definition) is 0. The van der Waals surface area contributed by atoms with Crippen molar-refractivity contribution in [3.8, 4) is 0 Å². The number of carbonyl (C=O) groups is 1. The van der Waals surface area contributed by atoms with E-state index in [-0.39, 0.29) is 5.92 Å². The highest BCUT2D eigenvalue weighted by molar-refractivity contribution is 5.78. The second-order valence-corrected chi connectivity index (χ2v) is 6.06. The average molecular weight is 209 g/mol. The Balaban J connectivity index is 2.07. The van der Waals surface area contributed by atoms with Crippen molar-refractivity contribution < 1.29 is 4.79 Å². The maximum absolute atomic E-state index is 11.9. The van der Waals surface area contributed by atoms with Gasteiger partial charge in [0.1, 0.15) is 0 Å². The first-order chi connectivity index (χ1) is 6.89. The van der Waals surface area contributed by atoms with Crippen LogP contribution in [0, 0.1) is 29.1 Å². The quantitative estimate of drug-likeness (QED) is 0.649. The minimum Gasteiger partial charge on any atom is -0.342 e. The van der Waals surface area contributed by atoms with Crippen LogP contribution in [0.3, 0.4) is 0 Å². The van der Waals surface area contributed by atoms with Crippen LogP contribution < -0.4 is 0 Å². The lowest BCUT2D eigenvalue weighted by molar-refractivity contribution is -0.137. The van der Waals surface area contributed by atoms with Gasteiger partial charge in [-0.25, -0.2) is 0 Å².